The van der Waals surface area contributed by atoms with Crippen LogP contribution in [0.5, 0.6) is 5.75 Å². The molecule has 0 amide bonds. The standard InChI is InChI=1S/C12H9BrCl2OS/c1-16-9-3-2-7(6-8(9)14)12(13)10-4-5-11(15)17-10/h2-6,12H,1H3. The predicted molar refractivity (Wildman–Crippen MR) is 78.1 cm³/mol. The second kappa shape index (κ2) is 5.61. The average Bonchev–Trinajstić information content (AvgIpc) is 2.75. The molecule has 1 aromatic heterocycles. The van der Waals surface area contributed by atoms with Crippen LogP contribution in [-0.2, 0) is 0 Å². The molecular weight excluding hydrogens is 343 g/mol. The Morgan fingerprint density at radius 1 is 1.24 bits per heavy atom. The molecule has 0 saturated heterocycles. The third kappa shape index (κ3) is 2.97. The zero-order valence-electron chi connectivity index (χ0n) is 8.91. The molecule has 1 heterocycles. The van der Waals surface area contributed by atoms with E-state index in [1.54, 1.807) is 18.4 Å². The molecular formula is C12H9BrCl2OS. The summed E-state index contributed by atoms with van der Waals surface area (Å²) in [5.41, 5.74) is 1.08. The highest BCUT2D eigenvalue weighted by molar-refractivity contribution is 9.09. The molecule has 1 unspecified atom stereocenters. The smallest absolute Gasteiger partial charge is 0.137 e. The molecule has 2 rings (SSSR count). The van der Waals surface area contributed by atoms with Gasteiger partial charge in [-0.3, -0.25) is 0 Å². The second-order valence-electron chi connectivity index (χ2n) is 3.40. The number of rotatable bonds is 3. The normalized spacial score (nSPS) is 12.5. The van der Waals surface area contributed by atoms with Gasteiger partial charge in [-0.05, 0) is 29.8 Å². The molecule has 0 radical (unpaired) electrons. The van der Waals surface area contributed by atoms with Crippen LogP contribution in [0.2, 0.25) is 9.36 Å². The fraction of sp³-hybridized carbons (Fsp3) is 0.167. The van der Waals surface area contributed by atoms with Crippen LogP contribution in [-0.4, -0.2) is 7.11 Å². The van der Waals surface area contributed by atoms with Crippen molar-refractivity contribution in [3.05, 3.63) is 50.1 Å². The van der Waals surface area contributed by atoms with Gasteiger partial charge in [-0.25, -0.2) is 0 Å². The molecule has 90 valence electrons. The number of benzene rings is 1. The lowest BCUT2D eigenvalue weighted by molar-refractivity contribution is 0.415. The Kier molecular flexibility index (Phi) is 4.36. The Morgan fingerprint density at radius 3 is 2.53 bits per heavy atom. The zero-order valence-corrected chi connectivity index (χ0v) is 12.8. The van der Waals surface area contributed by atoms with Gasteiger partial charge in [0.05, 0.1) is 21.3 Å². The molecule has 5 heteroatoms. The van der Waals surface area contributed by atoms with Gasteiger partial charge in [0, 0.05) is 4.88 Å². The highest BCUT2D eigenvalue weighted by Crippen LogP contribution is 2.39. The second-order valence-corrected chi connectivity index (χ2v) is 6.47. The topological polar surface area (TPSA) is 9.23 Å². The van der Waals surface area contributed by atoms with E-state index in [1.165, 1.54) is 0 Å². The van der Waals surface area contributed by atoms with Gasteiger partial charge in [0.1, 0.15) is 5.75 Å². The van der Waals surface area contributed by atoms with E-state index in [0.29, 0.717) is 10.8 Å². The highest BCUT2D eigenvalue weighted by Gasteiger charge is 2.14. The molecule has 0 aliphatic heterocycles. The minimum Gasteiger partial charge on any atom is -0.495 e. The quantitative estimate of drug-likeness (QED) is 0.659. The molecule has 2 aromatic rings. The summed E-state index contributed by atoms with van der Waals surface area (Å²) in [7, 11) is 1.60. The number of thiophene rings is 1. The summed E-state index contributed by atoms with van der Waals surface area (Å²) in [6, 6.07) is 9.64. The molecule has 0 bridgehead atoms. The van der Waals surface area contributed by atoms with Crippen molar-refractivity contribution in [1.82, 2.24) is 0 Å². The van der Waals surface area contributed by atoms with Gasteiger partial charge < -0.3 is 4.74 Å². The Bertz CT molecular complexity index is 527. The van der Waals surface area contributed by atoms with Crippen LogP contribution in [0.4, 0.5) is 0 Å². The Labute approximate surface area is 122 Å². The Morgan fingerprint density at radius 2 is 2.00 bits per heavy atom. The summed E-state index contributed by atoms with van der Waals surface area (Å²) in [5.74, 6) is 0.680. The summed E-state index contributed by atoms with van der Waals surface area (Å²) in [6.07, 6.45) is 0. The van der Waals surface area contributed by atoms with Crippen LogP contribution in [0.3, 0.4) is 0 Å². The van der Waals surface area contributed by atoms with Crippen molar-refractivity contribution in [2.24, 2.45) is 0 Å². The SMILES string of the molecule is COc1ccc(C(Br)c2ccc(Cl)s2)cc1Cl. The molecule has 0 N–H and O–H groups in total. The molecule has 0 aliphatic rings. The van der Waals surface area contributed by atoms with E-state index >= 15 is 0 Å². The fourth-order valence-corrected chi connectivity index (χ4v) is 3.52. The van der Waals surface area contributed by atoms with Crippen molar-refractivity contribution in [2.75, 3.05) is 7.11 Å². The number of ether oxygens (including phenoxy) is 1. The van der Waals surface area contributed by atoms with Gasteiger partial charge in [-0.2, -0.15) is 0 Å². The van der Waals surface area contributed by atoms with Crippen LogP contribution >= 0.6 is 50.5 Å². The molecule has 1 aromatic carbocycles. The van der Waals surface area contributed by atoms with Crippen LogP contribution < -0.4 is 4.74 Å². The number of halogens is 3. The van der Waals surface area contributed by atoms with E-state index in [2.05, 4.69) is 15.9 Å². The summed E-state index contributed by atoms with van der Waals surface area (Å²) < 4.78 is 5.91. The lowest BCUT2D eigenvalue weighted by Crippen LogP contribution is -1.91. The summed E-state index contributed by atoms with van der Waals surface area (Å²) in [4.78, 5) is 1.25. The van der Waals surface area contributed by atoms with Crippen LogP contribution in [0.25, 0.3) is 0 Å². The van der Waals surface area contributed by atoms with Crippen molar-refractivity contribution in [2.45, 2.75) is 4.83 Å². The summed E-state index contributed by atoms with van der Waals surface area (Å²) >= 11 is 17.2. The molecule has 1 nitrogen and oxygen atoms in total. The van der Waals surface area contributed by atoms with Crippen molar-refractivity contribution < 1.29 is 4.74 Å². The molecule has 0 spiro atoms. The number of methoxy groups -OCH3 is 1. The maximum Gasteiger partial charge on any atom is 0.137 e. The van der Waals surface area contributed by atoms with Crippen molar-refractivity contribution in [3.63, 3.8) is 0 Å². The molecule has 0 aliphatic carbocycles. The van der Waals surface area contributed by atoms with E-state index < -0.39 is 0 Å². The largest absolute Gasteiger partial charge is 0.495 e. The number of hydrogen-bond donors (Lipinski definition) is 0. The van der Waals surface area contributed by atoms with Gasteiger partial charge in [0.25, 0.3) is 0 Å². The van der Waals surface area contributed by atoms with Gasteiger partial charge in [-0.1, -0.05) is 45.2 Å². The monoisotopic (exact) mass is 350 g/mol. The Balaban J connectivity index is 2.31. The van der Waals surface area contributed by atoms with Crippen molar-refractivity contribution >= 4 is 50.5 Å². The van der Waals surface area contributed by atoms with E-state index in [9.17, 15) is 0 Å². The highest BCUT2D eigenvalue weighted by atomic mass is 79.9. The van der Waals surface area contributed by atoms with E-state index in [4.69, 9.17) is 27.9 Å². The van der Waals surface area contributed by atoms with Crippen molar-refractivity contribution in [1.29, 1.82) is 0 Å². The first-order valence-electron chi connectivity index (χ1n) is 4.84. The maximum absolute atomic E-state index is 6.10. The molecule has 17 heavy (non-hydrogen) atoms. The first kappa shape index (κ1) is 13.2. The molecule has 0 fully saturated rings. The van der Waals surface area contributed by atoms with Crippen LogP contribution in [0.15, 0.2) is 30.3 Å². The van der Waals surface area contributed by atoms with Gasteiger partial charge in [0.2, 0.25) is 0 Å². The summed E-state index contributed by atoms with van der Waals surface area (Å²) in [6.45, 7) is 0. The maximum atomic E-state index is 6.10. The van der Waals surface area contributed by atoms with Crippen LogP contribution in [0, 0.1) is 0 Å². The first-order chi connectivity index (χ1) is 8.11. The molecule has 0 saturated carbocycles. The first-order valence-corrected chi connectivity index (χ1v) is 7.33. The lowest BCUT2D eigenvalue weighted by atomic mass is 10.1. The predicted octanol–water partition coefficient (Wildman–Crippen LogP) is 5.55. The van der Waals surface area contributed by atoms with E-state index in [1.807, 2.05) is 30.3 Å². The van der Waals surface area contributed by atoms with E-state index in [-0.39, 0.29) is 4.83 Å². The number of alkyl halides is 1. The van der Waals surface area contributed by atoms with E-state index in [0.717, 1.165) is 14.8 Å². The van der Waals surface area contributed by atoms with Gasteiger partial charge in [-0.15, -0.1) is 11.3 Å². The van der Waals surface area contributed by atoms with Gasteiger partial charge >= 0.3 is 0 Å². The molecule has 1 atom stereocenters. The number of hydrogen-bond acceptors (Lipinski definition) is 2. The minimum atomic E-state index is 0.100. The minimum absolute atomic E-state index is 0.100. The average molecular weight is 352 g/mol. The summed E-state index contributed by atoms with van der Waals surface area (Å²) in [5, 5.41) is 0.608. The van der Waals surface area contributed by atoms with Gasteiger partial charge in [0.15, 0.2) is 0 Å². The third-order valence-corrected chi connectivity index (χ3v) is 5.23. The van der Waals surface area contributed by atoms with Crippen LogP contribution in [0.1, 0.15) is 15.3 Å². The Hall–Kier alpha value is -0.220. The fourth-order valence-electron chi connectivity index (χ4n) is 1.47. The van der Waals surface area contributed by atoms with Crippen molar-refractivity contribution in [3.8, 4) is 5.75 Å². The lowest BCUT2D eigenvalue weighted by Gasteiger charge is -2.10. The third-order valence-electron chi connectivity index (χ3n) is 2.31. The zero-order chi connectivity index (χ0) is 12.4.